The van der Waals surface area contributed by atoms with Crippen molar-refractivity contribution in [2.24, 2.45) is 0 Å². The Bertz CT molecular complexity index is 827. The number of halogens is 1. The van der Waals surface area contributed by atoms with Crippen LogP contribution in [0.15, 0.2) is 36.5 Å². The lowest BCUT2D eigenvalue weighted by molar-refractivity contribution is -0.137. The summed E-state index contributed by atoms with van der Waals surface area (Å²) < 4.78 is 21.0. The van der Waals surface area contributed by atoms with Crippen LogP contribution in [0.2, 0.25) is 0 Å². The molecule has 156 valence electrons. The van der Waals surface area contributed by atoms with Crippen LogP contribution in [0.25, 0.3) is 0 Å². The minimum absolute atomic E-state index is 0.0150. The quantitative estimate of drug-likeness (QED) is 0.723. The first-order valence-electron chi connectivity index (χ1n) is 9.68. The molecule has 0 spiro atoms. The van der Waals surface area contributed by atoms with Crippen LogP contribution in [-0.2, 0) is 22.7 Å². The summed E-state index contributed by atoms with van der Waals surface area (Å²) in [5, 5.41) is 10.5. The van der Waals surface area contributed by atoms with E-state index >= 15 is 0 Å². The van der Waals surface area contributed by atoms with Crippen molar-refractivity contribution < 1.29 is 18.7 Å². The average Bonchev–Trinajstić information content (AvgIpc) is 3.29. The van der Waals surface area contributed by atoms with E-state index in [0.717, 1.165) is 5.56 Å². The van der Waals surface area contributed by atoms with Gasteiger partial charge in [0.05, 0.1) is 31.9 Å². The zero-order valence-corrected chi connectivity index (χ0v) is 16.6. The van der Waals surface area contributed by atoms with Crippen LogP contribution in [-0.4, -0.2) is 63.1 Å². The molecule has 1 aromatic heterocycles. The molecule has 2 amide bonds. The van der Waals surface area contributed by atoms with E-state index in [4.69, 9.17) is 4.74 Å². The van der Waals surface area contributed by atoms with Gasteiger partial charge in [-0.3, -0.25) is 9.59 Å². The number of ether oxygens (including phenoxy) is 1. The molecule has 1 fully saturated rings. The van der Waals surface area contributed by atoms with Gasteiger partial charge in [0.25, 0.3) is 5.91 Å². The number of likely N-dealkylation sites (tertiary alicyclic amines) is 1. The standard InChI is InChI=1S/C20H26FN5O3/c1-14(2)22-20(28)18-11-25(24-23-18)10-17-8-16(21)9-26(17)19(27)13-29-12-15-6-4-3-5-7-15/h3-7,11,14,16-17H,8-10,12-13H2,1-2H3,(H,22,28)/t16-,17-/m0/s1. The predicted molar refractivity (Wildman–Crippen MR) is 104 cm³/mol. The van der Waals surface area contributed by atoms with Crippen LogP contribution in [0.3, 0.4) is 0 Å². The highest BCUT2D eigenvalue weighted by Crippen LogP contribution is 2.22. The third-order valence-electron chi connectivity index (χ3n) is 4.61. The lowest BCUT2D eigenvalue weighted by Gasteiger charge is -2.24. The highest BCUT2D eigenvalue weighted by atomic mass is 19.1. The highest BCUT2D eigenvalue weighted by molar-refractivity contribution is 5.92. The van der Waals surface area contributed by atoms with Crippen LogP contribution in [0.4, 0.5) is 4.39 Å². The molecule has 3 rings (SSSR count). The Balaban J connectivity index is 1.55. The maximum Gasteiger partial charge on any atom is 0.273 e. The second kappa shape index (κ2) is 9.60. The largest absolute Gasteiger partial charge is 0.367 e. The maximum absolute atomic E-state index is 14.0. The Morgan fingerprint density at radius 1 is 1.31 bits per heavy atom. The van der Waals surface area contributed by atoms with Crippen LogP contribution < -0.4 is 5.32 Å². The molecule has 0 saturated carbocycles. The smallest absolute Gasteiger partial charge is 0.273 e. The van der Waals surface area contributed by atoms with Gasteiger partial charge in [-0.15, -0.1) is 5.10 Å². The van der Waals surface area contributed by atoms with Crippen molar-refractivity contribution in [3.63, 3.8) is 0 Å². The molecule has 1 aromatic carbocycles. The van der Waals surface area contributed by atoms with Gasteiger partial charge >= 0.3 is 0 Å². The van der Waals surface area contributed by atoms with E-state index in [1.165, 1.54) is 15.8 Å². The SMILES string of the molecule is CC(C)NC(=O)c1cn(C[C@@H]2C[C@H](F)CN2C(=O)COCc2ccccc2)nn1. The summed E-state index contributed by atoms with van der Waals surface area (Å²) in [5.74, 6) is -0.577. The van der Waals surface area contributed by atoms with E-state index in [9.17, 15) is 14.0 Å². The van der Waals surface area contributed by atoms with E-state index in [0.29, 0.717) is 6.61 Å². The molecule has 29 heavy (non-hydrogen) atoms. The highest BCUT2D eigenvalue weighted by Gasteiger charge is 2.35. The van der Waals surface area contributed by atoms with Crippen molar-refractivity contribution >= 4 is 11.8 Å². The van der Waals surface area contributed by atoms with Gasteiger partial charge in [-0.05, 0) is 19.4 Å². The first-order valence-corrected chi connectivity index (χ1v) is 9.68. The topological polar surface area (TPSA) is 89.4 Å². The number of aromatic nitrogens is 3. The van der Waals surface area contributed by atoms with E-state index < -0.39 is 6.17 Å². The Labute approximate surface area is 169 Å². The molecule has 1 saturated heterocycles. The third kappa shape index (κ3) is 5.83. The summed E-state index contributed by atoms with van der Waals surface area (Å²) in [7, 11) is 0. The van der Waals surface area contributed by atoms with Gasteiger partial charge in [0, 0.05) is 12.5 Å². The number of carbonyl (C=O) groups excluding carboxylic acids is 2. The minimum Gasteiger partial charge on any atom is -0.367 e. The van der Waals surface area contributed by atoms with Crippen molar-refractivity contribution in [2.45, 2.75) is 51.7 Å². The lowest BCUT2D eigenvalue weighted by Crippen LogP contribution is -2.40. The molecule has 0 unspecified atom stereocenters. The number of nitrogens with zero attached hydrogens (tertiary/aromatic N) is 4. The Hall–Kier alpha value is -2.81. The monoisotopic (exact) mass is 403 g/mol. The molecular formula is C20H26FN5O3. The summed E-state index contributed by atoms with van der Waals surface area (Å²) in [6.45, 7) is 4.22. The molecule has 0 bridgehead atoms. The fourth-order valence-corrected chi connectivity index (χ4v) is 3.30. The molecule has 0 radical (unpaired) electrons. The fraction of sp³-hybridized carbons (Fsp3) is 0.500. The van der Waals surface area contributed by atoms with Gasteiger partial charge in [-0.2, -0.15) is 0 Å². The zero-order chi connectivity index (χ0) is 20.8. The molecule has 2 atom stereocenters. The van der Waals surface area contributed by atoms with Crippen molar-refractivity contribution in [3.8, 4) is 0 Å². The van der Waals surface area contributed by atoms with Crippen molar-refractivity contribution in [1.29, 1.82) is 0 Å². The van der Waals surface area contributed by atoms with E-state index in [1.54, 1.807) is 0 Å². The van der Waals surface area contributed by atoms with Crippen LogP contribution in [0.5, 0.6) is 0 Å². The Morgan fingerprint density at radius 3 is 2.79 bits per heavy atom. The number of alkyl halides is 1. The molecule has 9 heteroatoms. The molecule has 1 aliphatic heterocycles. The number of rotatable bonds is 8. The number of nitrogens with one attached hydrogen (secondary N) is 1. The fourth-order valence-electron chi connectivity index (χ4n) is 3.30. The molecule has 1 N–H and O–H groups in total. The maximum atomic E-state index is 14.0. The van der Waals surface area contributed by atoms with Crippen LogP contribution >= 0.6 is 0 Å². The molecule has 2 heterocycles. The van der Waals surface area contributed by atoms with E-state index in [-0.39, 0.29) is 55.7 Å². The van der Waals surface area contributed by atoms with Crippen molar-refractivity contribution in [1.82, 2.24) is 25.2 Å². The number of hydrogen-bond donors (Lipinski definition) is 1. The summed E-state index contributed by atoms with van der Waals surface area (Å²) >= 11 is 0. The summed E-state index contributed by atoms with van der Waals surface area (Å²) in [5.41, 5.74) is 1.16. The van der Waals surface area contributed by atoms with E-state index in [2.05, 4.69) is 15.6 Å². The number of benzene rings is 1. The average molecular weight is 403 g/mol. The first kappa shape index (κ1) is 20.9. The molecule has 1 aliphatic rings. The molecule has 8 nitrogen and oxygen atoms in total. The molecule has 0 aliphatic carbocycles. The van der Waals surface area contributed by atoms with Crippen molar-refractivity contribution in [2.75, 3.05) is 13.2 Å². The van der Waals surface area contributed by atoms with Crippen LogP contribution in [0, 0.1) is 0 Å². The van der Waals surface area contributed by atoms with Gasteiger partial charge in [0.15, 0.2) is 5.69 Å². The van der Waals surface area contributed by atoms with E-state index in [1.807, 2.05) is 44.2 Å². The zero-order valence-electron chi connectivity index (χ0n) is 16.6. The van der Waals surface area contributed by atoms with Gasteiger partial charge in [-0.25, -0.2) is 9.07 Å². The first-order chi connectivity index (χ1) is 13.9. The Kier molecular flexibility index (Phi) is 6.92. The van der Waals surface area contributed by atoms with Crippen LogP contribution in [0.1, 0.15) is 36.3 Å². The van der Waals surface area contributed by atoms with Gasteiger partial charge in [-0.1, -0.05) is 35.5 Å². The number of amides is 2. The Morgan fingerprint density at radius 2 is 2.07 bits per heavy atom. The van der Waals surface area contributed by atoms with Crippen molar-refractivity contribution in [3.05, 3.63) is 47.8 Å². The van der Waals surface area contributed by atoms with Gasteiger partial charge < -0.3 is 15.0 Å². The minimum atomic E-state index is -1.09. The molecule has 2 aromatic rings. The third-order valence-corrected chi connectivity index (χ3v) is 4.61. The number of hydrogen-bond acceptors (Lipinski definition) is 5. The molecular weight excluding hydrogens is 377 g/mol. The normalized spacial score (nSPS) is 19.0. The predicted octanol–water partition coefficient (Wildman–Crippen LogP) is 1.57. The second-order valence-electron chi connectivity index (χ2n) is 7.47. The second-order valence-corrected chi connectivity index (χ2v) is 7.47. The van der Waals surface area contributed by atoms with Gasteiger partial charge in [0.2, 0.25) is 5.91 Å². The number of carbonyl (C=O) groups is 2. The summed E-state index contributed by atoms with van der Waals surface area (Å²) in [4.78, 5) is 26.0. The summed E-state index contributed by atoms with van der Waals surface area (Å²) in [6.07, 6.45) is 0.639. The summed E-state index contributed by atoms with van der Waals surface area (Å²) in [6, 6.07) is 9.17. The van der Waals surface area contributed by atoms with Gasteiger partial charge in [0.1, 0.15) is 12.8 Å². The lowest BCUT2D eigenvalue weighted by atomic mass is 10.2.